The fourth-order valence-corrected chi connectivity index (χ4v) is 3.89. The van der Waals surface area contributed by atoms with Crippen molar-refractivity contribution in [2.24, 2.45) is 0 Å². The molecule has 0 spiro atoms. The van der Waals surface area contributed by atoms with E-state index in [9.17, 15) is 23.1 Å². The number of aromatic nitrogens is 5. The van der Waals surface area contributed by atoms with Crippen molar-refractivity contribution >= 4 is 23.2 Å². The SMILES string of the molecule is C=C(Cl)C(=O)N(/C(C)=C\CC[C@@H](C)c1cnn(C(F)(F)F)c1)c1cc(-c2ccnc(C(C)(C)O)n2)ncc1C. The van der Waals surface area contributed by atoms with E-state index in [-0.39, 0.29) is 21.5 Å². The van der Waals surface area contributed by atoms with E-state index < -0.39 is 17.8 Å². The van der Waals surface area contributed by atoms with E-state index in [0.717, 1.165) is 6.20 Å². The van der Waals surface area contributed by atoms with Gasteiger partial charge in [-0.2, -0.15) is 9.78 Å². The summed E-state index contributed by atoms with van der Waals surface area (Å²) >= 11 is 6.02. The maximum Gasteiger partial charge on any atom is 0.504 e. The molecule has 39 heavy (non-hydrogen) atoms. The number of aryl methyl sites for hydroxylation is 1. The minimum absolute atomic E-state index is 0.0155. The predicted molar refractivity (Wildman–Crippen MR) is 143 cm³/mol. The molecule has 0 aliphatic rings. The molecule has 1 amide bonds. The number of carbonyl (C=O) groups is 1. The van der Waals surface area contributed by atoms with Crippen LogP contribution in [-0.4, -0.2) is 35.7 Å². The first-order valence-corrected chi connectivity index (χ1v) is 12.5. The molecule has 3 rings (SSSR count). The number of allylic oxidation sites excluding steroid dienone is 2. The summed E-state index contributed by atoms with van der Waals surface area (Å²) < 4.78 is 38.6. The number of pyridine rings is 1. The molecular weight excluding hydrogens is 533 g/mol. The second-order valence-electron chi connectivity index (χ2n) is 9.74. The van der Waals surface area contributed by atoms with Crippen LogP contribution in [0, 0.1) is 6.92 Å². The van der Waals surface area contributed by atoms with Crippen LogP contribution in [0.4, 0.5) is 18.9 Å². The van der Waals surface area contributed by atoms with Gasteiger partial charge in [0.15, 0.2) is 5.82 Å². The van der Waals surface area contributed by atoms with Crippen molar-refractivity contribution in [2.45, 2.75) is 65.3 Å². The fraction of sp³-hybridized carbons (Fsp3) is 0.370. The van der Waals surface area contributed by atoms with E-state index in [2.05, 4.69) is 26.6 Å². The second-order valence-corrected chi connectivity index (χ2v) is 10.2. The Balaban J connectivity index is 1.90. The van der Waals surface area contributed by atoms with Gasteiger partial charge in [0.05, 0.1) is 28.3 Å². The molecule has 0 saturated heterocycles. The van der Waals surface area contributed by atoms with Gasteiger partial charge in [-0.1, -0.05) is 31.2 Å². The first-order chi connectivity index (χ1) is 18.1. The molecule has 1 atom stereocenters. The Bertz CT molecular complexity index is 1390. The van der Waals surface area contributed by atoms with Gasteiger partial charge >= 0.3 is 6.30 Å². The third-order valence-electron chi connectivity index (χ3n) is 6.04. The predicted octanol–water partition coefficient (Wildman–Crippen LogP) is 6.32. The molecule has 8 nitrogen and oxygen atoms in total. The van der Waals surface area contributed by atoms with Gasteiger partial charge in [0.1, 0.15) is 5.60 Å². The van der Waals surface area contributed by atoms with Crippen LogP contribution in [0.1, 0.15) is 63.4 Å². The molecular formula is C27H30ClF3N6O2. The lowest BCUT2D eigenvalue weighted by Crippen LogP contribution is -2.30. The van der Waals surface area contributed by atoms with Gasteiger partial charge in [-0.05, 0) is 69.7 Å². The lowest BCUT2D eigenvalue weighted by molar-refractivity contribution is -0.212. The normalized spacial score (nSPS) is 13.3. The summed E-state index contributed by atoms with van der Waals surface area (Å²) in [7, 11) is 0. The zero-order chi connectivity index (χ0) is 29.1. The van der Waals surface area contributed by atoms with Crippen molar-refractivity contribution in [2.75, 3.05) is 4.90 Å². The van der Waals surface area contributed by atoms with E-state index >= 15 is 0 Å². The number of halogens is 4. The number of aliphatic hydroxyl groups is 1. The molecule has 0 saturated carbocycles. The second kappa shape index (κ2) is 11.7. The number of amides is 1. The lowest BCUT2D eigenvalue weighted by atomic mass is 9.99. The van der Waals surface area contributed by atoms with Crippen LogP contribution >= 0.6 is 11.6 Å². The first-order valence-electron chi connectivity index (χ1n) is 12.1. The summed E-state index contributed by atoms with van der Waals surface area (Å²) in [6.45, 7) is 12.1. The first kappa shape index (κ1) is 30.0. The van der Waals surface area contributed by atoms with Gasteiger partial charge in [-0.25, -0.2) is 9.97 Å². The van der Waals surface area contributed by atoms with Crippen LogP contribution in [-0.2, 0) is 16.7 Å². The third-order valence-corrected chi connectivity index (χ3v) is 6.20. The number of alkyl halides is 3. The average Bonchev–Trinajstić information content (AvgIpc) is 3.36. The molecule has 12 heteroatoms. The van der Waals surface area contributed by atoms with Gasteiger partial charge in [0, 0.05) is 24.3 Å². The van der Waals surface area contributed by atoms with E-state index in [1.54, 1.807) is 46.0 Å². The van der Waals surface area contributed by atoms with Crippen LogP contribution in [0.15, 0.2) is 60.3 Å². The summed E-state index contributed by atoms with van der Waals surface area (Å²) in [5.41, 5.74) is 1.85. The van der Waals surface area contributed by atoms with E-state index in [1.165, 1.54) is 17.3 Å². The highest BCUT2D eigenvalue weighted by Gasteiger charge is 2.32. The Labute approximate surface area is 229 Å². The molecule has 0 unspecified atom stereocenters. The minimum atomic E-state index is -4.57. The molecule has 1 N–H and O–H groups in total. The topological polar surface area (TPSA) is 97.0 Å². The maximum atomic E-state index is 13.1. The standard InChI is InChI=1S/C27H30ClF3N6O2/c1-16(20-14-34-36(15-20)27(29,30)31)8-7-9-18(3)37(24(38)19(4)28)23-12-22(33-13-17(23)2)21-10-11-32-25(35-21)26(5,6)39/h9-16,39H,4,7-8H2,1-3,5-6H3/b18-9-/t16-/m1/s1. The Morgan fingerprint density at radius 1 is 1.26 bits per heavy atom. The molecule has 0 aromatic carbocycles. The molecule has 0 radical (unpaired) electrons. The van der Waals surface area contributed by atoms with Gasteiger partial charge in [0.25, 0.3) is 5.91 Å². The van der Waals surface area contributed by atoms with Gasteiger partial charge in [-0.15, -0.1) is 13.2 Å². The van der Waals surface area contributed by atoms with Crippen LogP contribution in [0.3, 0.4) is 0 Å². The molecule has 0 aliphatic heterocycles. The summed E-state index contributed by atoms with van der Waals surface area (Å²) in [5.74, 6) is -0.517. The Hall–Kier alpha value is -3.57. The zero-order valence-corrected chi connectivity index (χ0v) is 23.0. The highest BCUT2D eigenvalue weighted by atomic mass is 35.5. The minimum Gasteiger partial charge on any atom is -0.382 e. The van der Waals surface area contributed by atoms with Crippen LogP contribution in [0.5, 0.6) is 0 Å². The molecule has 3 aromatic heterocycles. The van der Waals surface area contributed by atoms with Gasteiger partial charge < -0.3 is 5.11 Å². The molecule has 0 bridgehead atoms. The van der Waals surface area contributed by atoms with E-state index in [4.69, 9.17) is 11.6 Å². The highest BCUT2D eigenvalue weighted by Crippen LogP contribution is 2.31. The summed E-state index contributed by atoms with van der Waals surface area (Å²) in [6, 6.07) is 3.34. The van der Waals surface area contributed by atoms with Gasteiger partial charge in [-0.3, -0.25) is 14.7 Å². The van der Waals surface area contributed by atoms with Gasteiger partial charge in [0.2, 0.25) is 0 Å². The average molecular weight is 563 g/mol. The number of nitrogens with zero attached hydrogens (tertiary/aromatic N) is 6. The van der Waals surface area contributed by atoms with E-state index in [0.29, 0.717) is 46.7 Å². The number of hydrogen-bond donors (Lipinski definition) is 1. The Kier molecular flexibility index (Phi) is 8.97. The smallest absolute Gasteiger partial charge is 0.382 e. The Morgan fingerprint density at radius 3 is 2.54 bits per heavy atom. The number of carbonyl (C=O) groups excluding carboxylic acids is 1. The van der Waals surface area contributed by atoms with Crippen molar-refractivity contribution in [3.05, 3.63) is 77.3 Å². The quantitative estimate of drug-likeness (QED) is 0.306. The maximum absolute atomic E-state index is 13.1. The summed E-state index contributed by atoms with van der Waals surface area (Å²) in [6.07, 6.45) is 3.55. The fourth-order valence-electron chi connectivity index (χ4n) is 3.80. The third kappa shape index (κ3) is 7.30. The van der Waals surface area contributed by atoms with Crippen molar-refractivity contribution in [1.29, 1.82) is 0 Å². The monoisotopic (exact) mass is 562 g/mol. The van der Waals surface area contributed by atoms with Crippen molar-refractivity contribution in [3.8, 4) is 11.4 Å². The molecule has 3 aromatic rings. The van der Waals surface area contributed by atoms with Crippen molar-refractivity contribution in [3.63, 3.8) is 0 Å². The highest BCUT2D eigenvalue weighted by molar-refractivity contribution is 6.44. The molecule has 208 valence electrons. The van der Waals surface area contributed by atoms with Crippen molar-refractivity contribution in [1.82, 2.24) is 24.7 Å². The molecule has 3 heterocycles. The number of rotatable bonds is 9. The number of anilines is 1. The largest absolute Gasteiger partial charge is 0.504 e. The van der Waals surface area contributed by atoms with Crippen molar-refractivity contribution < 1.29 is 23.1 Å². The molecule has 0 fully saturated rings. The lowest BCUT2D eigenvalue weighted by Gasteiger charge is -2.25. The number of hydrogen-bond acceptors (Lipinski definition) is 6. The summed E-state index contributed by atoms with van der Waals surface area (Å²) in [4.78, 5) is 27.5. The summed E-state index contributed by atoms with van der Waals surface area (Å²) in [5, 5.41) is 13.5. The Morgan fingerprint density at radius 2 is 1.95 bits per heavy atom. The van der Waals surface area contributed by atoms with E-state index in [1.807, 2.05) is 13.0 Å². The van der Waals surface area contributed by atoms with Crippen LogP contribution in [0.2, 0.25) is 0 Å². The van der Waals surface area contributed by atoms with Crippen LogP contribution in [0.25, 0.3) is 11.4 Å². The molecule has 0 aliphatic carbocycles. The zero-order valence-electron chi connectivity index (χ0n) is 22.3. The van der Waals surface area contributed by atoms with Crippen LogP contribution < -0.4 is 4.90 Å².